The third-order valence-corrected chi connectivity index (χ3v) is 4.72. The molecule has 0 saturated carbocycles. The van der Waals surface area contributed by atoms with Crippen molar-refractivity contribution in [2.24, 2.45) is 0 Å². The Bertz CT molecular complexity index is 447. The monoisotopic (exact) mass is 300 g/mol. The predicted molar refractivity (Wildman–Crippen MR) is 66.2 cm³/mol. The fourth-order valence-electron chi connectivity index (χ4n) is 1.51. The summed E-state index contributed by atoms with van der Waals surface area (Å²) in [6.45, 7) is 3.57. The van der Waals surface area contributed by atoms with E-state index in [1.165, 1.54) is 4.31 Å². The second kappa shape index (κ2) is 6.04. The second-order valence-corrected chi connectivity index (χ2v) is 6.07. The van der Waals surface area contributed by atoms with Crippen LogP contribution in [0, 0.1) is 13.8 Å². The Morgan fingerprint density at radius 2 is 1.76 bits per heavy atom. The highest BCUT2D eigenvalue weighted by molar-refractivity contribution is 7.89. The molecule has 0 N–H and O–H groups in total. The van der Waals surface area contributed by atoms with Gasteiger partial charge in [-0.1, -0.05) is 5.16 Å². The molecule has 8 heteroatoms. The van der Waals surface area contributed by atoms with E-state index < -0.39 is 10.0 Å². The van der Waals surface area contributed by atoms with Gasteiger partial charge in [-0.3, -0.25) is 0 Å². The minimum Gasteiger partial charge on any atom is -0.360 e. The lowest BCUT2D eigenvalue weighted by atomic mass is 10.4. The minimum atomic E-state index is -3.64. The maximum absolute atomic E-state index is 12.3. The lowest BCUT2D eigenvalue weighted by Gasteiger charge is -2.19. The summed E-state index contributed by atoms with van der Waals surface area (Å²) in [4.78, 5) is 0.104. The molecule has 0 aliphatic heterocycles. The van der Waals surface area contributed by atoms with Gasteiger partial charge in [0.1, 0.15) is 10.6 Å². The summed E-state index contributed by atoms with van der Waals surface area (Å²) in [6.07, 6.45) is 0. The van der Waals surface area contributed by atoms with E-state index in [0.717, 1.165) is 0 Å². The SMILES string of the molecule is Cc1noc(C)c1S(=O)(=O)N(CCCl)CCCl. The first-order valence-corrected chi connectivity index (χ1v) is 7.51. The molecule has 0 atom stereocenters. The van der Waals surface area contributed by atoms with Crippen LogP contribution in [0.3, 0.4) is 0 Å². The molecular formula is C9H14Cl2N2O3S. The number of halogens is 2. The standard InChI is InChI=1S/C9H14Cl2N2O3S/c1-7-9(8(2)16-12-7)17(14,15)13(5-3-10)6-4-11/h3-6H2,1-2H3. The smallest absolute Gasteiger partial charge is 0.248 e. The van der Waals surface area contributed by atoms with Crippen molar-refractivity contribution in [2.45, 2.75) is 18.7 Å². The molecule has 98 valence electrons. The predicted octanol–water partition coefficient (Wildman–Crippen LogP) is 1.76. The first-order valence-electron chi connectivity index (χ1n) is 5.00. The molecule has 0 fully saturated rings. The van der Waals surface area contributed by atoms with Crippen molar-refractivity contribution in [1.29, 1.82) is 0 Å². The largest absolute Gasteiger partial charge is 0.360 e. The number of hydrogen-bond acceptors (Lipinski definition) is 4. The molecule has 5 nitrogen and oxygen atoms in total. The summed E-state index contributed by atoms with van der Waals surface area (Å²) < 4.78 is 30.7. The zero-order valence-electron chi connectivity index (χ0n) is 9.61. The Morgan fingerprint density at radius 3 is 2.12 bits per heavy atom. The summed E-state index contributed by atoms with van der Waals surface area (Å²) in [5.74, 6) is 0.690. The van der Waals surface area contributed by atoms with Gasteiger partial charge in [-0.15, -0.1) is 23.2 Å². The van der Waals surface area contributed by atoms with Crippen LogP contribution in [-0.4, -0.2) is 42.7 Å². The molecule has 1 rings (SSSR count). The van der Waals surface area contributed by atoms with Crippen molar-refractivity contribution < 1.29 is 12.9 Å². The summed E-state index contributed by atoms with van der Waals surface area (Å²) in [5.41, 5.74) is 0.344. The maximum Gasteiger partial charge on any atom is 0.248 e. The molecular weight excluding hydrogens is 287 g/mol. The number of rotatable bonds is 6. The maximum atomic E-state index is 12.3. The van der Waals surface area contributed by atoms with Gasteiger partial charge in [0.15, 0.2) is 5.76 Å². The van der Waals surface area contributed by atoms with Crippen molar-refractivity contribution in [3.63, 3.8) is 0 Å². The molecule has 0 radical (unpaired) electrons. The summed E-state index contributed by atoms with van der Waals surface area (Å²) in [6, 6.07) is 0. The van der Waals surface area contributed by atoms with Crippen molar-refractivity contribution in [3.05, 3.63) is 11.5 Å². The van der Waals surface area contributed by atoms with Gasteiger partial charge >= 0.3 is 0 Å². The summed E-state index contributed by atoms with van der Waals surface area (Å²) in [7, 11) is -3.64. The van der Waals surface area contributed by atoms with Crippen molar-refractivity contribution >= 4 is 33.2 Å². The topological polar surface area (TPSA) is 63.4 Å². The fourth-order valence-corrected chi connectivity index (χ4v) is 3.85. The van der Waals surface area contributed by atoms with E-state index in [-0.39, 0.29) is 35.5 Å². The summed E-state index contributed by atoms with van der Waals surface area (Å²) >= 11 is 11.2. The average Bonchev–Trinajstić information content (AvgIpc) is 2.58. The molecule has 1 heterocycles. The van der Waals surface area contributed by atoms with E-state index in [1.807, 2.05) is 0 Å². The number of alkyl halides is 2. The van der Waals surface area contributed by atoms with Gasteiger partial charge in [-0.05, 0) is 13.8 Å². The molecule has 0 aliphatic rings. The van der Waals surface area contributed by atoms with E-state index in [9.17, 15) is 8.42 Å². The first-order chi connectivity index (χ1) is 7.95. The van der Waals surface area contributed by atoms with Gasteiger partial charge in [0.05, 0.1) is 0 Å². The Labute approximate surface area is 111 Å². The van der Waals surface area contributed by atoms with Gasteiger partial charge in [0.2, 0.25) is 10.0 Å². The zero-order chi connectivity index (χ0) is 13.1. The third kappa shape index (κ3) is 3.13. The van der Waals surface area contributed by atoms with Crippen LogP contribution >= 0.6 is 23.2 Å². The van der Waals surface area contributed by atoms with E-state index >= 15 is 0 Å². The van der Waals surface area contributed by atoms with Crippen LogP contribution in [0.25, 0.3) is 0 Å². The molecule has 0 bridgehead atoms. The van der Waals surface area contributed by atoms with Gasteiger partial charge in [-0.2, -0.15) is 4.31 Å². The second-order valence-electron chi connectivity index (χ2n) is 3.44. The highest BCUT2D eigenvalue weighted by Gasteiger charge is 2.30. The molecule has 0 aliphatic carbocycles. The normalized spacial score (nSPS) is 12.3. The molecule has 1 aromatic rings. The van der Waals surface area contributed by atoms with Gasteiger partial charge in [0.25, 0.3) is 0 Å². The molecule has 0 unspecified atom stereocenters. The van der Waals surface area contributed by atoms with Crippen LogP contribution in [0.5, 0.6) is 0 Å². The lowest BCUT2D eigenvalue weighted by Crippen LogP contribution is -2.35. The van der Waals surface area contributed by atoms with Gasteiger partial charge in [0, 0.05) is 24.8 Å². The number of aromatic nitrogens is 1. The zero-order valence-corrected chi connectivity index (χ0v) is 11.9. The quantitative estimate of drug-likeness (QED) is 0.751. The first kappa shape index (κ1) is 14.8. The number of aryl methyl sites for hydroxylation is 2. The Kier molecular flexibility index (Phi) is 5.24. The molecule has 0 aromatic carbocycles. The average molecular weight is 301 g/mol. The van der Waals surface area contributed by atoms with Crippen LogP contribution in [0.1, 0.15) is 11.5 Å². The van der Waals surface area contributed by atoms with Gasteiger partial charge in [-0.25, -0.2) is 8.42 Å². The third-order valence-electron chi connectivity index (χ3n) is 2.23. The number of hydrogen-bond donors (Lipinski definition) is 0. The van der Waals surface area contributed by atoms with E-state index in [2.05, 4.69) is 5.16 Å². The number of sulfonamides is 1. The van der Waals surface area contributed by atoms with Gasteiger partial charge < -0.3 is 4.52 Å². The Balaban J connectivity index is 3.16. The fraction of sp³-hybridized carbons (Fsp3) is 0.667. The Hall–Kier alpha value is -0.300. The Morgan fingerprint density at radius 1 is 1.24 bits per heavy atom. The molecule has 0 amide bonds. The van der Waals surface area contributed by atoms with Crippen LogP contribution in [0.2, 0.25) is 0 Å². The van der Waals surface area contributed by atoms with Crippen molar-refractivity contribution in [1.82, 2.24) is 9.46 Å². The van der Waals surface area contributed by atoms with E-state index in [0.29, 0.717) is 5.69 Å². The highest BCUT2D eigenvalue weighted by atomic mass is 35.5. The van der Waals surface area contributed by atoms with Crippen LogP contribution in [0.4, 0.5) is 0 Å². The van der Waals surface area contributed by atoms with Crippen LogP contribution in [0.15, 0.2) is 9.42 Å². The lowest BCUT2D eigenvalue weighted by molar-refractivity contribution is 0.389. The molecule has 0 saturated heterocycles. The number of nitrogens with zero attached hydrogens (tertiary/aromatic N) is 2. The van der Waals surface area contributed by atoms with E-state index in [4.69, 9.17) is 27.7 Å². The molecule has 17 heavy (non-hydrogen) atoms. The highest BCUT2D eigenvalue weighted by Crippen LogP contribution is 2.23. The molecule has 0 spiro atoms. The van der Waals surface area contributed by atoms with E-state index in [1.54, 1.807) is 13.8 Å². The van der Waals surface area contributed by atoms with Crippen LogP contribution < -0.4 is 0 Å². The van der Waals surface area contributed by atoms with Crippen LogP contribution in [-0.2, 0) is 10.0 Å². The van der Waals surface area contributed by atoms with Crippen molar-refractivity contribution in [3.8, 4) is 0 Å². The minimum absolute atomic E-state index is 0.104. The molecule has 1 aromatic heterocycles. The summed E-state index contributed by atoms with van der Waals surface area (Å²) in [5, 5.41) is 3.64. The van der Waals surface area contributed by atoms with Crippen molar-refractivity contribution in [2.75, 3.05) is 24.8 Å².